The average molecular weight is 301 g/mol. The zero-order valence-corrected chi connectivity index (χ0v) is 12.9. The molecule has 2 aromatic carbocycles. The molecule has 0 bridgehead atoms. The second-order valence-electron chi connectivity index (χ2n) is 5.49. The van der Waals surface area contributed by atoms with E-state index in [-0.39, 0.29) is 11.9 Å². The lowest BCUT2D eigenvalue weighted by molar-refractivity contribution is 0.352. The van der Waals surface area contributed by atoms with Crippen LogP contribution in [-0.4, -0.2) is 20.8 Å². The Balaban J connectivity index is 1.91. The summed E-state index contributed by atoms with van der Waals surface area (Å²) in [5, 5.41) is 3.54. The standard InChI is InChI=1S/C18H20FNO2/c1-21-17-10-13-7-8-20-16(15(13)11-18(17)22-2)9-12-3-5-14(19)6-4-12/h3-6,10-11,16,20H,7-9H2,1-2H3/t16-/m1/s1. The van der Waals surface area contributed by atoms with Crippen LogP contribution in [-0.2, 0) is 12.8 Å². The summed E-state index contributed by atoms with van der Waals surface area (Å²) in [7, 11) is 3.30. The van der Waals surface area contributed by atoms with Crippen molar-refractivity contribution in [1.82, 2.24) is 5.32 Å². The Morgan fingerprint density at radius 3 is 2.45 bits per heavy atom. The molecular weight excluding hydrogens is 281 g/mol. The van der Waals surface area contributed by atoms with Crippen LogP contribution in [0.15, 0.2) is 36.4 Å². The molecule has 1 aliphatic rings. The van der Waals surface area contributed by atoms with Crippen molar-refractivity contribution in [3.05, 3.63) is 58.9 Å². The van der Waals surface area contributed by atoms with Crippen molar-refractivity contribution in [2.24, 2.45) is 0 Å². The third-order valence-electron chi connectivity index (χ3n) is 4.16. The molecule has 0 saturated carbocycles. The fraction of sp³-hybridized carbons (Fsp3) is 0.333. The highest BCUT2D eigenvalue weighted by molar-refractivity contribution is 5.49. The van der Waals surface area contributed by atoms with Gasteiger partial charge in [0.05, 0.1) is 14.2 Å². The Hall–Kier alpha value is -2.07. The maximum absolute atomic E-state index is 13.0. The summed E-state index contributed by atoms with van der Waals surface area (Å²) in [4.78, 5) is 0. The Bertz CT molecular complexity index is 655. The summed E-state index contributed by atoms with van der Waals surface area (Å²) in [6.07, 6.45) is 1.79. The van der Waals surface area contributed by atoms with Gasteiger partial charge in [0.2, 0.25) is 0 Å². The molecule has 1 heterocycles. The highest BCUT2D eigenvalue weighted by atomic mass is 19.1. The van der Waals surface area contributed by atoms with Gasteiger partial charge < -0.3 is 14.8 Å². The van der Waals surface area contributed by atoms with Crippen molar-refractivity contribution in [3.63, 3.8) is 0 Å². The number of hydrogen-bond acceptors (Lipinski definition) is 3. The summed E-state index contributed by atoms with van der Waals surface area (Å²) < 4.78 is 23.8. The smallest absolute Gasteiger partial charge is 0.161 e. The second-order valence-corrected chi connectivity index (χ2v) is 5.49. The van der Waals surface area contributed by atoms with E-state index >= 15 is 0 Å². The van der Waals surface area contributed by atoms with Crippen LogP contribution in [0, 0.1) is 5.82 Å². The number of hydrogen-bond donors (Lipinski definition) is 1. The van der Waals surface area contributed by atoms with Crippen molar-refractivity contribution < 1.29 is 13.9 Å². The molecule has 22 heavy (non-hydrogen) atoms. The molecule has 116 valence electrons. The van der Waals surface area contributed by atoms with Gasteiger partial charge in [-0.15, -0.1) is 0 Å². The molecule has 0 spiro atoms. The first-order valence-corrected chi connectivity index (χ1v) is 7.44. The van der Waals surface area contributed by atoms with E-state index < -0.39 is 0 Å². The molecule has 0 aliphatic carbocycles. The van der Waals surface area contributed by atoms with E-state index in [0.717, 1.165) is 36.4 Å². The Morgan fingerprint density at radius 2 is 1.77 bits per heavy atom. The minimum Gasteiger partial charge on any atom is -0.493 e. The molecule has 0 unspecified atom stereocenters. The lowest BCUT2D eigenvalue weighted by atomic mass is 9.90. The van der Waals surface area contributed by atoms with Crippen molar-refractivity contribution in [1.29, 1.82) is 0 Å². The largest absolute Gasteiger partial charge is 0.493 e. The van der Waals surface area contributed by atoms with Crippen LogP contribution < -0.4 is 14.8 Å². The van der Waals surface area contributed by atoms with E-state index in [1.807, 2.05) is 12.1 Å². The molecule has 2 aromatic rings. The van der Waals surface area contributed by atoms with E-state index in [0.29, 0.717) is 0 Å². The highest BCUT2D eigenvalue weighted by Crippen LogP contribution is 2.36. The minimum absolute atomic E-state index is 0.202. The molecule has 0 saturated heterocycles. The maximum Gasteiger partial charge on any atom is 0.161 e. The Morgan fingerprint density at radius 1 is 1.09 bits per heavy atom. The number of rotatable bonds is 4. The molecule has 4 heteroatoms. The zero-order chi connectivity index (χ0) is 15.5. The number of ether oxygens (including phenoxy) is 2. The lowest BCUT2D eigenvalue weighted by Gasteiger charge is -2.28. The molecule has 0 amide bonds. The first-order valence-electron chi connectivity index (χ1n) is 7.44. The summed E-state index contributed by atoms with van der Waals surface area (Å²) in [5.74, 6) is 1.31. The molecule has 1 aliphatic heterocycles. The first-order chi connectivity index (χ1) is 10.7. The van der Waals surface area contributed by atoms with E-state index in [9.17, 15) is 4.39 Å². The van der Waals surface area contributed by atoms with Crippen LogP contribution in [0.5, 0.6) is 11.5 Å². The molecule has 1 atom stereocenters. The SMILES string of the molecule is COc1cc2c(cc1OC)[C@@H](Cc1ccc(F)cc1)NCC2. The summed E-state index contributed by atoms with van der Waals surface area (Å²) in [6.45, 7) is 0.925. The van der Waals surface area contributed by atoms with Crippen LogP contribution in [0.2, 0.25) is 0 Å². The predicted molar refractivity (Wildman–Crippen MR) is 84.1 cm³/mol. The van der Waals surface area contributed by atoms with Gasteiger partial charge in [-0.1, -0.05) is 12.1 Å². The predicted octanol–water partition coefficient (Wildman–Crippen LogP) is 3.27. The normalized spacial score (nSPS) is 17.0. The summed E-state index contributed by atoms with van der Waals surface area (Å²) >= 11 is 0. The number of benzene rings is 2. The molecule has 0 radical (unpaired) electrons. The van der Waals surface area contributed by atoms with Gasteiger partial charge in [-0.05, 0) is 60.3 Å². The highest BCUT2D eigenvalue weighted by Gasteiger charge is 2.22. The van der Waals surface area contributed by atoms with Gasteiger partial charge in [-0.2, -0.15) is 0 Å². The van der Waals surface area contributed by atoms with Gasteiger partial charge in [-0.3, -0.25) is 0 Å². The van der Waals surface area contributed by atoms with E-state index in [2.05, 4.69) is 17.4 Å². The average Bonchev–Trinajstić information content (AvgIpc) is 2.56. The van der Waals surface area contributed by atoms with Gasteiger partial charge in [0, 0.05) is 6.04 Å². The third kappa shape index (κ3) is 2.92. The molecule has 0 fully saturated rings. The van der Waals surface area contributed by atoms with Crippen LogP contribution in [0.3, 0.4) is 0 Å². The van der Waals surface area contributed by atoms with Crippen molar-refractivity contribution in [3.8, 4) is 11.5 Å². The van der Waals surface area contributed by atoms with Crippen LogP contribution in [0.4, 0.5) is 4.39 Å². The summed E-state index contributed by atoms with van der Waals surface area (Å²) in [5.41, 5.74) is 3.62. The number of methoxy groups -OCH3 is 2. The summed E-state index contributed by atoms with van der Waals surface area (Å²) in [6, 6.07) is 11.0. The van der Waals surface area contributed by atoms with Gasteiger partial charge in [0.15, 0.2) is 11.5 Å². The minimum atomic E-state index is -0.202. The van der Waals surface area contributed by atoms with E-state index in [4.69, 9.17) is 9.47 Å². The number of halogens is 1. The Labute approximate surface area is 130 Å². The molecule has 1 N–H and O–H groups in total. The molecule has 3 rings (SSSR count). The van der Waals surface area contributed by atoms with Crippen LogP contribution in [0.25, 0.3) is 0 Å². The Kier molecular flexibility index (Phi) is 4.29. The second kappa shape index (κ2) is 6.36. The van der Waals surface area contributed by atoms with Crippen LogP contribution in [0.1, 0.15) is 22.7 Å². The van der Waals surface area contributed by atoms with Crippen molar-refractivity contribution in [2.75, 3.05) is 20.8 Å². The van der Waals surface area contributed by atoms with Crippen molar-refractivity contribution in [2.45, 2.75) is 18.9 Å². The monoisotopic (exact) mass is 301 g/mol. The maximum atomic E-state index is 13.0. The molecule has 0 aromatic heterocycles. The van der Waals surface area contributed by atoms with Crippen LogP contribution >= 0.6 is 0 Å². The number of fused-ring (bicyclic) bond motifs is 1. The van der Waals surface area contributed by atoms with Crippen molar-refractivity contribution >= 4 is 0 Å². The topological polar surface area (TPSA) is 30.5 Å². The fourth-order valence-corrected chi connectivity index (χ4v) is 3.01. The fourth-order valence-electron chi connectivity index (χ4n) is 3.01. The molecular formula is C18H20FNO2. The van der Waals surface area contributed by atoms with E-state index in [1.54, 1.807) is 14.2 Å². The zero-order valence-electron chi connectivity index (χ0n) is 12.9. The van der Waals surface area contributed by atoms with Gasteiger partial charge >= 0.3 is 0 Å². The van der Waals surface area contributed by atoms with Gasteiger partial charge in [0.25, 0.3) is 0 Å². The third-order valence-corrected chi connectivity index (χ3v) is 4.16. The first kappa shape index (κ1) is 14.9. The molecule has 3 nitrogen and oxygen atoms in total. The van der Waals surface area contributed by atoms with E-state index in [1.165, 1.54) is 23.3 Å². The number of nitrogens with one attached hydrogen (secondary N) is 1. The van der Waals surface area contributed by atoms with Gasteiger partial charge in [0.1, 0.15) is 5.82 Å². The quantitative estimate of drug-likeness (QED) is 0.940. The lowest BCUT2D eigenvalue weighted by Crippen LogP contribution is -2.31. The van der Waals surface area contributed by atoms with Gasteiger partial charge in [-0.25, -0.2) is 4.39 Å².